The average molecular weight is 690 g/mol. The summed E-state index contributed by atoms with van der Waals surface area (Å²) in [5.41, 5.74) is 2.56. The van der Waals surface area contributed by atoms with E-state index in [0.717, 1.165) is 45.4 Å². The highest BCUT2D eigenvalue weighted by Gasteiger charge is 2.44. The number of halogens is 6. The fourth-order valence-electron chi connectivity index (χ4n) is 6.87. The van der Waals surface area contributed by atoms with Crippen molar-refractivity contribution in [3.8, 4) is 16.9 Å². The van der Waals surface area contributed by atoms with Gasteiger partial charge < -0.3 is 14.6 Å². The van der Waals surface area contributed by atoms with Gasteiger partial charge in [0.2, 0.25) is 0 Å². The molecule has 2 atom stereocenters. The van der Waals surface area contributed by atoms with E-state index in [1.54, 1.807) is 32.2 Å². The minimum atomic E-state index is -5.04. The number of amides is 1. The third kappa shape index (κ3) is 7.28. The zero-order chi connectivity index (χ0) is 36.2. The first-order valence-corrected chi connectivity index (χ1v) is 15.7. The maximum atomic E-state index is 13.6. The van der Waals surface area contributed by atoms with Crippen molar-refractivity contribution in [2.45, 2.75) is 78.4 Å². The summed E-state index contributed by atoms with van der Waals surface area (Å²) in [5, 5.41) is 9.45. The van der Waals surface area contributed by atoms with Crippen molar-refractivity contribution < 1.29 is 50.5 Å². The van der Waals surface area contributed by atoms with Crippen LogP contribution in [-0.2, 0) is 17.1 Å². The van der Waals surface area contributed by atoms with Crippen LogP contribution in [0.25, 0.3) is 16.7 Å². The number of methoxy groups -OCH3 is 1. The van der Waals surface area contributed by atoms with Crippen LogP contribution in [0.1, 0.15) is 89.9 Å². The van der Waals surface area contributed by atoms with Gasteiger partial charge in [0, 0.05) is 12.1 Å². The number of hydrogen-bond acceptors (Lipinski definition) is 4. The molecule has 1 amide bonds. The lowest BCUT2D eigenvalue weighted by Gasteiger charge is -2.36. The highest BCUT2D eigenvalue weighted by molar-refractivity contribution is 5.89. The van der Waals surface area contributed by atoms with E-state index in [4.69, 9.17) is 9.47 Å². The van der Waals surface area contributed by atoms with Crippen LogP contribution < -0.4 is 4.74 Å². The number of benzene rings is 3. The first-order valence-electron chi connectivity index (χ1n) is 15.7. The van der Waals surface area contributed by atoms with Gasteiger partial charge in [-0.2, -0.15) is 26.3 Å². The monoisotopic (exact) mass is 689 g/mol. The Kier molecular flexibility index (Phi) is 9.33. The number of carboxylic acids is 1. The van der Waals surface area contributed by atoms with Crippen LogP contribution in [0.5, 0.6) is 5.75 Å². The molecule has 3 aromatic rings. The molecule has 2 aliphatic rings. The first-order chi connectivity index (χ1) is 22.7. The number of aryl methyl sites for hydroxylation is 2. The Hall–Kier alpha value is -4.48. The zero-order valence-electron chi connectivity index (χ0n) is 27.9. The average Bonchev–Trinajstić information content (AvgIpc) is 3.28. The molecule has 0 aromatic heterocycles. The van der Waals surface area contributed by atoms with Crippen molar-refractivity contribution in [2.24, 2.45) is 5.41 Å². The molecule has 1 aliphatic heterocycles. The van der Waals surface area contributed by atoms with Gasteiger partial charge in [-0.15, -0.1) is 0 Å². The van der Waals surface area contributed by atoms with Crippen LogP contribution in [0.15, 0.2) is 54.1 Å². The van der Waals surface area contributed by atoms with Crippen LogP contribution >= 0.6 is 0 Å². The summed E-state index contributed by atoms with van der Waals surface area (Å²) in [6.07, 6.45) is -10.3. The van der Waals surface area contributed by atoms with Gasteiger partial charge in [-0.25, -0.2) is 9.59 Å². The van der Waals surface area contributed by atoms with Gasteiger partial charge in [0.05, 0.1) is 29.8 Å². The molecule has 0 bridgehead atoms. The smallest absolute Gasteiger partial charge is 0.416 e. The van der Waals surface area contributed by atoms with E-state index in [0.29, 0.717) is 30.7 Å². The second-order valence-corrected chi connectivity index (χ2v) is 13.6. The Morgan fingerprint density at radius 2 is 1.55 bits per heavy atom. The molecular weight excluding hydrogens is 652 g/mol. The van der Waals surface area contributed by atoms with Gasteiger partial charge in [0.25, 0.3) is 0 Å². The van der Waals surface area contributed by atoms with Gasteiger partial charge in [-0.3, -0.25) is 4.90 Å². The minimum absolute atomic E-state index is 0.0407. The standard InChI is InChI=1S/C37H37F6NO5/c1-19-11-22(33(45)46)7-8-27(19)29-16-30(31(48-6)12-20(29)2)28-9-10-35(4,5)17-24(28)18-44-21(3)32(49-34(44)47)23-13-25(36(38,39)40)15-26(14-23)37(41,42)43/h7-8,11-16,21,32H,9-10,17-18H2,1-6H3,(H,45,46). The van der Waals surface area contributed by atoms with Crippen LogP contribution in [0.2, 0.25) is 0 Å². The predicted octanol–water partition coefficient (Wildman–Crippen LogP) is 10.3. The molecule has 3 aromatic carbocycles. The largest absolute Gasteiger partial charge is 0.496 e. The normalized spacial score (nSPS) is 19.7. The van der Waals surface area contributed by atoms with Gasteiger partial charge in [-0.1, -0.05) is 19.9 Å². The van der Waals surface area contributed by atoms with E-state index in [1.807, 2.05) is 26.0 Å². The molecule has 1 N–H and O–H groups in total. The molecule has 2 unspecified atom stereocenters. The van der Waals surface area contributed by atoms with Crippen LogP contribution in [0.3, 0.4) is 0 Å². The lowest BCUT2D eigenvalue weighted by molar-refractivity contribution is -0.143. The molecule has 1 fully saturated rings. The molecule has 0 radical (unpaired) electrons. The number of nitrogens with zero attached hydrogens (tertiary/aromatic N) is 1. The molecule has 12 heteroatoms. The second kappa shape index (κ2) is 12.8. The highest BCUT2D eigenvalue weighted by Crippen LogP contribution is 2.48. The minimum Gasteiger partial charge on any atom is -0.496 e. The molecule has 1 aliphatic carbocycles. The first kappa shape index (κ1) is 35.8. The predicted molar refractivity (Wildman–Crippen MR) is 171 cm³/mol. The van der Waals surface area contributed by atoms with Gasteiger partial charge >= 0.3 is 24.4 Å². The van der Waals surface area contributed by atoms with Crippen LogP contribution in [0.4, 0.5) is 31.1 Å². The number of allylic oxidation sites excluding steroid dienone is 1. The summed E-state index contributed by atoms with van der Waals surface area (Å²) < 4.78 is 93.1. The zero-order valence-corrected chi connectivity index (χ0v) is 27.9. The Balaban J connectivity index is 1.57. The number of carbonyl (C=O) groups is 2. The fraction of sp³-hybridized carbons (Fsp3) is 0.405. The maximum absolute atomic E-state index is 13.6. The summed E-state index contributed by atoms with van der Waals surface area (Å²) in [7, 11) is 1.55. The number of alkyl halides is 6. The number of carbonyl (C=O) groups excluding carboxylic acids is 1. The van der Waals surface area contributed by atoms with E-state index >= 15 is 0 Å². The molecule has 1 saturated heterocycles. The highest BCUT2D eigenvalue weighted by atomic mass is 19.4. The number of ether oxygens (including phenoxy) is 2. The van der Waals surface area contributed by atoms with Gasteiger partial charge in [-0.05, 0) is 127 Å². The number of cyclic esters (lactones) is 1. The van der Waals surface area contributed by atoms with Gasteiger partial charge in [0.1, 0.15) is 11.9 Å². The summed E-state index contributed by atoms with van der Waals surface area (Å²) in [6, 6.07) is 9.16. The summed E-state index contributed by atoms with van der Waals surface area (Å²) in [5.74, 6) is -0.445. The second-order valence-electron chi connectivity index (χ2n) is 13.6. The third-order valence-corrected chi connectivity index (χ3v) is 9.50. The molecular formula is C37H37F6NO5. The van der Waals surface area contributed by atoms with Crippen molar-refractivity contribution in [2.75, 3.05) is 13.7 Å². The van der Waals surface area contributed by atoms with Crippen LogP contribution in [0, 0.1) is 19.3 Å². The number of rotatable bonds is 7. The van der Waals surface area contributed by atoms with Crippen molar-refractivity contribution in [3.63, 3.8) is 0 Å². The SMILES string of the molecule is COc1cc(C)c(-c2ccc(C(=O)O)cc2C)cc1C1=C(CN2C(=O)OC(c3cc(C(F)(F)F)cc(C(F)(F)F)c3)C2C)CC(C)(C)CC1. The molecule has 1 heterocycles. The summed E-state index contributed by atoms with van der Waals surface area (Å²) in [6.45, 7) is 9.52. The Bertz CT molecular complexity index is 1810. The lowest BCUT2D eigenvalue weighted by Crippen LogP contribution is -2.35. The molecule has 5 rings (SSSR count). The fourth-order valence-corrected chi connectivity index (χ4v) is 6.87. The maximum Gasteiger partial charge on any atom is 0.416 e. The molecule has 0 spiro atoms. The Labute approximate surface area is 280 Å². The number of carboxylic acid groups (broad SMARTS) is 1. The van der Waals surface area contributed by atoms with E-state index in [2.05, 4.69) is 13.8 Å². The molecule has 6 nitrogen and oxygen atoms in total. The van der Waals surface area contributed by atoms with Crippen LogP contribution in [-0.4, -0.2) is 41.8 Å². The van der Waals surface area contributed by atoms with Crippen molar-refractivity contribution in [3.05, 3.63) is 93.0 Å². The number of aromatic carboxylic acids is 1. The van der Waals surface area contributed by atoms with Gasteiger partial charge in [0.15, 0.2) is 0 Å². The Morgan fingerprint density at radius 3 is 2.10 bits per heavy atom. The molecule has 49 heavy (non-hydrogen) atoms. The van der Waals surface area contributed by atoms with Crippen molar-refractivity contribution in [1.29, 1.82) is 0 Å². The van der Waals surface area contributed by atoms with E-state index in [1.165, 1.54) is 4.90 Å². The molecule has 0 saturated carbocycles. The lowest BCUT2D eigenvalue weighted by atomic mass is 9.72. The Morgan fingerprint density at radius 1 is 0.939 bits per heavy atom. The number of hydrogen-bond donors (Lipinski definition) is 1. The third-order valence-electron chi connectivity index (χ3n) is 9.50. The summed E-state index contributed by atoms with van der Waals surface area (Å²) >= 11 is 0. The van der Waals surface area contributed by atoms with E-state index in [-0.39, 0.29) is 23.6 Å². The van der Waals surface area contributed by atoms with E-state index < -0.39 is 53.3 Å². The van der Waals surface area contributed by atoms with Crippen molar-refractivity contribution in [1.82, 2.24) is 4.90 Å². The van der Waals surface area contributed by atoms with E-state index in [9.17, 15) is 41.0 Å². The topological polar surface area (TPSA) is 76.1 Å². The molecule has 262 valence electrons. The van der Waals surface area contributed by atoms with Crippen molar-refractivity contribution >= 4 is 17.6 Å². The quantitative estimate of drug-likeness (QED) is 0.250. The summed E-state index contributed by atoms with van der Waals surface area (Å²) in [4.78, 5) is 26.2.